The van der Waals surface area contributed by atoms with Crippen LogP contribution in [0.2, 0.25) is 24.2 Å². The van der Waals surface area contributed by atoms with Crippen LogP contribution < -0.4 is 0 Å². The summed E-state index contributed by atoms with van der Waals surface area (Å²) < 4.78 is 0. The van der Waals surface area contributed by atoms with E-state index in [0.29, 0.717) is 0 Å². The fraction of sp³-hybridized carbons (Fsp3) is 1.00. The molecule has 0 nitrogen and oxygen atoms in total. The quantitative estimate of drug-likeness (QED) is 0.0437. The Morgan fingerprint density at radius 3 is 0.429 bits per heavy atom. The van der Waals surface area contributed by atoms with E-state index in [-0.39, 0.29) is 0 Å². The van der Waals surface area contributed by atoms with Crippen molar-refractivity contribution in [2.75, 3.05) is 0 Å². The van der Waals surface area contributed by atoms with Gasteiger partial charge < -0.3 is 0 Å². The smallest absolute Gasteiger partial charge is 0.0535 e. The van der Waals surface area contributed by atoms with E-state index in [1.54, 1.807) is 49.9 Å². The van der Waals surface area contributed by atoms with Gasteiger partial charge in [-0.2, -0.15) is 0 Å². The third kappa shape index (κ3) is 37.8. The second-order valence-electron chi connectivity index (χ2n) is 17.2. The van der Waals surface area contributed by atoms with Crippen molar-refractivity contribution >= 4 is 8.07 Å². The summed E-state index contributed by atoms with van der Waals surface area (Å²) in [6.45, 7) is 9.36. The highest BCUT2D eigenvalue weighted by Gasteiger charge is 2.30. The van der Waals surface area contributed by atoms with Crippen LogP contribution in [0.3, 0.4) is 0 Å². The highest BCUT2D eigenvalue weighted by atomic mass is 28.3. The van der Waals surface area contributed by atoms with Gasteiger partial charge in [0.1, 0.15) is 0 Å². The Morgan fingerprint density at radius 2 is 0.286 bits per heavy atom. The lowest BCUT2D eigenvalue weighted by molar-refractivity contribution is 0.552. The third-order valence-corrected chi connectivity index (χ3v) is 17.9. The van der Waals surface area contributed by atoms with E-state index in [1.807, 2.05) is 0 Å². The van der Waals surface area contributed by atoms with Crippen molar-refractivity contribution in [3.8, 4) is 0 Å². The average molecular weight is 705 g/mol. The van der Waals surface area contributed by atoms with Gasteiger partial charge in [-0.25, -0.2) is 0 Å². The summed E-state index contributed by atoms with van der Waals surface area (Å²) in [5, 5.41) is 0. The molecule has 0 rings (SSSR count). The van der Waals surface area contributed by atoms with Crippen LogP contribution in [0.15, 0.2) is 0 Å². The minimum absolute atomic E-state index is 1.16. The molecular formula is C48H100Si. The Morgan fingerprint density at radius 1 is 0.163 bits per heavy atom. The summed E-state index contributed by atoms with van der Waals surface area (Å²) in [5.74, 6) is 0. The van der Waals surface area contributed by atoms with Gasteiger partial charge in [0.2, 0.25) is 0 Å². The topological polar surface area (TPSA) is 0 Å². The molecule has 0 heterocycles. The van der Waals surface area contributed by atoms with Crippen LogP contribution in [0.5, 0.6) is 0 Å². The van der Waals surface area contributed by atoms with Crippen LogP contribution in [-0.4, -0.2) is 8.07 Å². The zero-order chi connectivity index (χ0) is 35.6. The summed E-state index contributed by atoms with van der Waals surface area (Å²) in [4.78, 5) is 0. The predicted molar refractivity (Wildman–Crippen MR) is 232 cm³/mol. The Hall–Kier alpha value is 0.217. The minimum atomic E-state index is -1.16. The van der Waals surface area contributed by atoms with Gasteiger partial charge in [0.25, 0.3) is 0 Å². The Balaban J connectivity index is 4.87. The van der Waals surface area contributed by atoms with Crippen molar-refractivity contribution in [1.29, 1.82) is 0 Å². The molecule has 0 aromatic rings. The summed E-state index contributed by atoms with van der Waals surface area (Å²) in [7, 11) is -1.16. The molecule has 0 bridgehead atoms. The maximum absolute atomic E-state index is 2.34. The molecule has 0 spiro atoms. The zero-order valence-electron chi connectivity index (χ0n) is 35.6. The van der Waals surface area contributed by atoms with Gasteiger partial charge >= 0.3 is 0 Å². The van der Waals surface area contributed by atoms with Crippen LogP contribution in [0.25, 0.3) is 0 Å². The fourth-order valence-electron chi connectivity index (χ4n) is 8.70. The maximum Gasteiger partial charge on any atom is 0.0535 e. The first kappa shape index (κ1) is 49.2. The van der Waals surface area contributed by atoms with Gasteiger partial charge in [0.05, 0.1) is 8.07 Å². The molecule has 0 saturated heterocycles. The lowest BCUT2D eigenvalue weighted by Crippen LogP contribution is -2.34. The second-order valence-corrected chi connectivity index (χ2v) is 22.2. The summed E-state index contributed by atoms with van der Waals surface area (Å²) >= 11 is 0. The molecule has 0 aromatic carbocycles. The number of rotatable bonds is 44. The van der Waals surface area contributed by atoms with Gasteiger partial charge in [-0.1, -0.05) is 309 Å². The Kier molecular flexibility index (Phi) is 42.8. The van der Waals surface area contributed by atoms with Crippen molar-refractivity contribution in [3.63, 3.8) is 0 Å². The molecule has 0 N–H and O–H groups in total. The predicted octanol–water partition coefficient (Wildman–Crippen LogP) is 19.1. The zero-order valence-corrected chi connectivity index (χ0v) is 36.6. The third-order valence-electron chi connectivity index (χ3n) is 12.2. The largest absolute Gasteiger partial charge is 0.0654 e. The van der Waals surface area contributed by atoms with Crippen molar-refractivity contribution in [3.05, 3.63) is 0 Å². The van der Waals surface area contributed by atoms with Crippen molar-refractivity contribution in [1.82, 2.24) is 0 Å². The van der Waals surface area contributed by atoms with Gasteiger partial charge in [-0.3, -0.25) is 0 Å². The average Bonchev–Trinajstić information content (AvgIpc) is 3.11. The first-order chi connectivity index (χ1) is 24.2. The molecule has 1 heteroatoms. The summed E-state index contributed by atoms with van der Waals surface area (Å²) in [6.07, 6.45) is 59.7. The molecule has 0 aliphatic rings. The molecule has 0 aliphatic carbocycles. The second kappa shape index (κ2) is 42.6. The molecule has 0 saturated carbocycles. The van der Waals surface area contributed by atoms with Gasteiger partial charge in [0.15, 0.2) is 0 Å². The number of unbranched alkanes of at least 4 members (excludes halogenated alkanes) is 36. The van der Waals surface area contributed by atoms with E-state index >= 15 is 0 Å². The molecule has 0 fully saturated rings. The van der Waals surface area contributed by atoms with Crippen LogP contribution in [0.1, 0.15) is 285 Å². The molecule has 0 atom stereocenters. The van der Waals surface area contributed by atoms with Crippen molar-refractivity contribution in [2.24, 2.45) is 0 Å². The fourth-order valence-corrected chi connectivity index (χ4v) is 14.2. The van der Waals surface area contributed by atoms with E-state index in [4.69, 9.17) is 0 Å². The van der Waals surface area contributed by atoms with Gasteiger partial charge in [-0.15, -0.1) is 0 Å². The maximum atomic E-state index is 2.34. The Bertz CT molecular complexity index is 468. The first-order valence-electron chi connectivity index (χ1n) is 24.2. The van der Waals surface area contributed by atoms with E-state index in [9.17, 15) is 0 Å². The molecule has 0 radical (unpaired) electrons. The molecule has 0 aromatic heterocycles. The van der Waals surface area contributed by atoms with Crippen molar-refractivity contribution in [2.45, 2.75) is 309 Å². The lowest BCUT2D eigenvalue weighted by atomic mass is 10.1. The molecule has 0 unspecified atom stereocenters. The lowest BCUT2D eigenvalue weighted by Gasteiger charge is -2.33. The Labute approximate surface area is 315 Å². The first-order valence-corrected chi connectivity index (χ1v) is 27.1. The van der Waals surface area contributed by atoms with Crippen LogP contribution in [-0.2, 0) is 0 Å². The molecule has 49 heavy (non-hydrogen) atoms. The van der Waals surface area contributed by atoms with Crippen molar-refractivity contribution < 1.29 is 0 Å². The minimum Gasteiger partial charge on any atom is -0.0654 e. The van der Waals surface area contributed by atoms with Gasteiger partial charge in [0, 0.05) is 0 Å². The highest BCUT2D eigenvalue weighted by molar-refractivity contribution is 6.79. The summed E-state index contributed by atoms with van der Waals surface area (Å²) in [5.41, 5.74) is 0. The van der Waals surface area contributed by atoms with E-state index in [1.165, 1.54) is 231 Å². The van der Waals surface area contributed by atoms with E-state index < -0.39 is 8.07 Å². The van der Waals surface area contributed by atoms with Crippen LogP contribution in [0, 0.1) is 0 Å². The highest BCUT2D eigenvalue weighted by Crippen LogP contribution is 2.35. The molecule has 296 valence electrons. The normalized spacial score (nSPS) is 12.0. The monoisotopic (exact) mass is 705 g/mol. The number of hydrogen-bond acceptors (Lipinski definition) is 0. The van der Waals surface area contributed by atoms with E-state index in [0.717, 1.165) is 0 Å². The number of hydrogen-bond donors (Lipinski definition) is 0. The van der Waals surface area contributed by atoms with E-state index in [2.05, 4.69) is 27.7 Å². The summed E-state index contributed by atoms with van der Waals surface area (Å²) in [6, 6.07) is 6.76. The SMILES string of the molecule is CCCCCCCCCCCC[Si](CCCCCCCCCCCC)(CCCCCCCCCCCC)CCCCCCCCCCCC. The van der Waals surface area contributed by atoms with Gasteiger partial charge in [-0.05, 0) is 0 Å². The molecule has 0 amide bonds. The van der Waals surface area contributed by atoms with Crippen LogP contribution >= 0.6 is 0 Å². The van der Waals surface area contributed by atoms with Crippen LogP contribution in [0.4, 0.5) is 0 Å². The standard InChI is InChI=1S/C48H100Si/c1-5-9-13-17-21-25-29-33-37-41-45-49(46-42-38-34-30-26-22-18-14-10-6-2,47-43-39-35-31-27-23-19-15-11-7-3)48-44-40-36-32-28-24-20-16-12-8-4/h5-48H2,1-4H3. The molecule has 0 aliphatic heterocycles. The molecular weight excluding hydrogens is 605 g/mol.